The Morgan fingerprint density at radius 3 is 1.60 bits per heavy atom. The van der Waals surface area contributed by atoms with Gasteiger partial charge in [-0.2, -0.15) is 0 Å². The van der Waals surface area contributed by atoms with E-state index in [1.165, 1.54) is 96.3 Å². The monoisotopic (exact) mass is 432 g/mol. The lowest BCUT2D eigenvalue weighted by Gasteiger charge is -2.09. The van der Waals surface area contributed by atoms with E-state index in [-0.39, 0.29) is 0 Å². The Bertz CT molecular complexity index is 670. The maximum absolute atomic E-state index is 5.96. The molecule has 0 atom stereocenters. The van der Waals surface area contributed by atoms with Crippen LogP contribution in [0.2, 0.25) is 0 Å². The molecule has 0 aromatic carbocycles. The van der Waals surface area contributed by atoms with Gasteiger partial charge >= 0.3 is 0 Å². The van der Waals surface area contributed by atoms with Gasteiger partial charge in [-0.1, -0.05) is 110 Å². The molecule has 0 aliphatic heterocycles. The molecule has 170 valence electrons. The maximum atomic E-state index is 5.96. The molecule has 0 N–H and O–H groups in total. The second-order valence-electron chi connectivity index (χ2n) is 8.62. The number of fused-ring (bicyclic) bond motifs is 1. The van der Waals surface area contributed by atoms with Crippen molar-refractivity contribution in [3.63, 3.8) is 0 Å². The fraction of sp³-hybridized carbons (Fsp3) is 0.769. The van der Waals surface area contributed by atoms with Crippen LogP contribution in [0.3, 0.4) is 0 Å². The minimum atomic E-state index is 0.740. The number of thiophene rings is 1. The molecule has 0 unspecified atom stereocenters. The Balaban J connectivity index is 1.38. The van der Waals surface area contributed by atoms with Crippen molar-refractivity contribution < 1.29 is 4.74 Å². The second-order valence-corrected chi connectivity index (χ2v) is 9.37. The number of hydrogen-bond donors (Lipinski definition) is 0. The number of aryl methyl sites for hydroxylation is 1. The average Bonchev–Trinajstić information content (AvgIpc) is 3.22. The molecule has 0 radical (unpaired) electrons. The summed E-state index contributed by atoms with van der Waals surface area (Å²) in [4.78, 5) is 9.31. The zero-order valence-electron chi connectivity index (χ0n) is 19.6. The van der Waals surface area contributed by atoms with Gasteiger partial charge in [0.25, 0.3) is 0 Å². The molecule has 0 spiro atoms. The molecule has 2 aromatic rings. The highest BCUT2D eigenvalue weighted by Gasteiger charge is 2.09. The van der Waals surface area contributed by atoms with E-state index < -0.39 is 0 Å². The molecule has 2 aromatic heterocycles. The summed E-state index contributed by atoms with van der Waals surface area (Å²) in [6.07, 6.45) is 23.1. The van der Waals surface area contributed by atoms with Gasteiger partial charge < -0.3 is 4.74 Å². The average molecular weight is 433 g/mol. The maximum Gasteiger partial charge on any atom is 0.236 e. The van der Waals surface area contributed by atoms with E-state index in [0.29, 0.717) is 0 Å². The molecule has 0 bridgehead atoms. The lowest BCUT2D eigenvalue weighted by atomic mass is 10.0. The molecule has 0 fully saturated rings. The lowest BCUT2D eigenvalue weighted by Crippen LogP contribution is -2.04. The van der Waals surface area contributed by atoms with E-state index in [4.69, 9.17) is 4.74 Å². The van der Waals surface area contributed by atoms with E-state index in [9.17, 15) is 0 Å². The second kappa shape index (κ2) is 16.5. The van der Waals surface area contributed by atoms with Gasteiger partial charge in [-0.3, -0.25) is 0 Å². The van der Waals surface area contributed by atoms with Crippen LogP contribution in [0, 0.1) is 0 Å². The van der Waals surface area contributed by atoms with Crippen LogP contribution in [-0.2, 0) is 6.42 Å². The van der Waals surface area contributed by atoms with Crippen molar-refractivity contribution in [2.45, 2.75) is 123 Å². The van der Waals surface area contributed by atoms with Crippen LogP contribution in [0.25, 0.3) is 11.0 Å². The van der Waals surface area contributed by atoms with Crippen molar-refractivity contribution in [1.82, 2.24) is 9.97 Å². The molecular weight excluding hydrogens is 388 g/mol. The number of rotatable bonds is 19. The Kier molecular flexibility index (Phi) is 13.8. The number of aromatic nitrogens is 2. The summed E-state index contributed by atoms with van der Waals surface area (Å²) in [5, 5.41) is 4.10. The van der Waals surface area contributed by atoms with E-state index in [1.807, 2.05) is 5.38 Å². The fourth-order valence-corrected chi connectivity index (χ4v) is 4.66. The third kappa shape index (κ3) is 10.2. The molecule has 0 saturated carbocycles. The van der Waals surface area contributed by atoms with Gasteiger partial charge in [0.05, 0.1) is 12.1 Å². The van der Waals surface area contributed by atoms with Crippen LogP contribution in [0.5, 0.6) is 5.88 Å². The van der Waals surface area contributed by atoms with Crippen LogP contribution in [0.1, 0.15) is 122 Å². The molecule has 0 amide bonds. The van der Waals surface area contributed by atoms with Gasteiger partial charge in [0.15, 0.2) is 0 Å². The van der Waals surface area contributed by atoms with Crippen molar-refractivity contribution in [2.75, 3.05) is 6.61 Å². The van der Waals surface area contributed by atoms with Crippen LogP contribution in [0.4, 0.5) is 0 Å². The standard InChI is InChI=1S/C26H44N2OS/c1-3-5-6-7-8-9-10-11-12-13-14-15-16-17-18-19-20-29-26-23(4-2)27-24-21-30-22-25(24)28-26/h21-22H,3-20H2,1-2H3. The highest BCUT2D eigenvalue weighted by molar-refractivity contribution is 7.09. The Morgan fingerprint density at radius 2 is 1.10 bits per heavy atom. The third-order valence-electron chi connectivity index (χ3n) is 5.92. The first-order chi connectivity index (χ1) is 14.8. The molecule has 30 heavy (non-hydrogen) atoms. The predicted molar refractivity (Wildman–Crippen MR) is 132 cm³/mol. The summed E-state index contributed by atoms with van der Waals surface area (Å²) in [5.41, 5.74) is 2.93. The van der Waals surface area contributed by atoms with Gasteiger partial charge in [0, 0.05) is 10.8 Å². The molecule has 3 nitrogen and oxygen atoms in total. The third-order valence-corrected chi connectivity index (χ3v) is 6.64. The molecule has 0 saturated heterocycles. The van der Waals surface area contributed by atoms with E-state index in [2.05, 4.69) is 29.2 Å². The Morgan fingerprint density at radius 1 is 0.633 bits per heavy atom. The largest absolute Gasteiger partial charge is 0.476 e. The quantitative estimate of drug-likeness (QED) is 0.208. The molecule has 4 heteroatoms. The van der Waals surface area contributed by atoms with Crippen LogP contribution < -0.4 is 4.74 Å². The topological polar surface area (TPSA) is 35.0 Å². The smallest absolute Gasteiger partial charge is 0.236 e. The summed E-state index contributed by atoms with van der Waals surface area (Å²) in [5.74, 6) is 0.740. The van der Waals surface area contributed by atoms with Gasteiger partial charge in [0.2, 0.25) is 5.88 Å². The minimum absolute atomic E-state index is 0.740. The number of ether oxygens (including phenoxy) is 1. The van der Waals surface area contributed by atoms with E-state index in [0.717, 1.165) is 42.1 Å². The number of unbranched alkanes of at least 4 members (excludes halogenated alkanes) is 15. The highest BCUT2D eigenvalue weighted by atomic mass is 32.1. The summed E-state index contributed by atoms with van der Waals surface area (Å²) in [7, 11) is 0. The number of hydrogen-bond acceptors (Lipinski definition) is 4. The summed E-state index contributed by atoms with van der Waals surface area (Å²) < 4.78 is 5.96. The SMILES string of the molecule is CCCCCCCCCCCCCCCCCCOc1nc2cscc2nc1CC. The molecule has 0 aliphatic carbocycles. The summed E-state index contributed by atoms with van der Waals surface area (Å²) in [6, 6.07) is 0. The van der Waals surface area contributed by atoms with Crippen molar-refractivity contribution >= 4 is 22.4 Å². The minimum Gasteiger partial charge on any atom is -0.476 e. The molecule has 0 aliphatic rings. The predicted octanol–water partition coefficient (Wildman–Crippen LogP) is 8.89. The summed E-state index contributed by atoms with van der Waals surface area (Å²) in [6.45, 7) is 5.17. The van der Waals surface area contributed by atoms with Crippen LogP contribution in [0.15, 0.2) is 10.8 Å². The van der Waals surface area contributed by atoms with Gasteiger partial charge in [-0.15, -0.1) is 11.3 Å². The van der Waals surface area contributed by atoms with Gasteiger partial charge in [-0.25, -0.2) is 9.97 Å². The zero-order valence-corrected chi connectivity index (χ0v) is 20.4. The van der Waals surface area contributed by atoms with E-state index >= 15 is 0 Å². The first-order valence-corrected chi connectivity index (χ1v) is 13.6. The highest BCUT2D eigenvalue weighted by Crippen LogP contribution is 2.22. The van der Waals surface area contributed by atoms with Crippen molar-refractivity contribution in [3.8, 4) is 5.88 Å². The molecular formula is C26H44N2OS. The molecule has 2 heterocycles. The lowest BCUT2D eigenvalue weighted by molar-refractivity contribution is 0.290. The van der Waals surface area contributed by atoms with Gasteiger partial charge in [0.1, 0.15) is 11.2 Å². The fourth-order valence-electron chi connectivity index (χ4n) is 3.98. The van der Waals surface area contributed by atoms with Crippen LogP contribution in [-0.4, -0.2) is 16.6 Å². The Hall–Kier alpha value is -1.16. The van der Waals surface area contributed by atoms with E-state index in [1.54, 1.807) is 11.3 Å². The van der Waals surface area contributed by atoms with Crippen molar-refractivity contribution in [3.05, 3.63) is 16.5 Å². The first-order valence-electron chi connectivity index (χ1n) is 12.7. The molecule has 2 rings (SSSR count). The van der Waals surface area contributed by atoms with Crippen molar-refractivity contribution in [1.29, 1.82) is 0 Å². The summed E-state index contributed by atoms with van der Waals surface area (Å²) >= 11 is 1.65. The normalized spacial score (nSPS) is 11.4. The van der Waals surface area contributed by atoms with Crippen molar-refractivity contribution in [2.24, 2.45) is 0 Å². The Labute approximate surface area is 189 Å². The van der Waals surface area contributed by atoms with Crippen LogP contribution >= 0.6 is 11.3 Å². The zero-order chi connectivity index (χ0) is 21.3. The first kappa shape index (κ1) is 25.1. The van der Waals surface area contributed by atoms with Gasteiger partial charge in [-0.05, 0) is 12.8 Å². The number of nitrogens with zero attached hydrogens (tertiary/aromatic N) is 2.